The predicted molar refractivity (Wildman–Crippen MR) is 84.4 cm³/mol. The number of likely N-dealkylation sites (N-methyl/N-ethyl adjacent to an activating group) is 1. The first-order chi connectivity index (χ1) is 10.2. The van der Waals surface area contributed by atoms with Gasteiger partial charge in [-0.3, -0.25) is 4.79 Å². The van der Waals surface area contributed by atoms with Crippen molar-refractivity contribution in [2.75, 3.05) is 26.7 Å². The van der Waals surface area contributed by atoms with Crippen molar-refractivity contribution in [2.45, 2.75) is 24.7 Å². The van der Waals surface area contributed by atoms with Crippen LogP contribution in [0.5, 0.6) is 0 Å². The average molecular weight is 325 g/mol. The molecular formula is C16H23NO4S. The molecule has 1 aliphatic rings. The van der Waals surface area contributed by atoms with Crippen LogP contribution in [0.2, 0.25) is 0 Å². The van der Waals surface area contributed by atoms with E-state index in [1.807, 2.05) is 13.0 Å². The molecule has 0 unspecified atom stereocenters. The summed E-state index contributed by atoms with van der Waals surface area (Å²) in [6, 6.07) is 5.78. The van der Waals surface area contributed by atoms with Gasteiger partial charge in [0.05, 0.1) is 44.4 Å². The monoisotopic (exact) mass is 325 g/mol. The Morgan fingerprint density at radius 2 is 1.73 bits per heavy atom. The number of hydrogen-bond acceptors (Lipinski definition) is 4. The summed E-state index contributed by atoms with van der Waals surface area (Å²) >= 11 is 0. The summed E-state index contributed by atoms with van der Waals surface area (Å²) in [4.78, 5) is 10.7. The van der Waals surface area contributed by atoms with Crippen molar-refractivity contribution >= 4 is 15.9 Å². The van der Waals surface area contributed by atoms with E-state index in [1.165, 1.54) is 12.1 Å². The molecule has 1 saturated heterocycles. The van der Waals surface area contributed by atoms with Gasteiger partial charge in [0.1, 0.15) is 15.9 Å². The highest BCUT2D eigenvalue weighted by atomic mass is 32.2. The number of quaternary nitrogens is 1. The summed E-state index contributed by atoms with van der Waals surface area (Å²) in [5.74, 6) is 0.421. The van der Waals surface area contributed by atoms with E-state index < -0.39 is 10.1 Å². The molecule has 2 rings (SSSR count). The van der Waals surface area contributed by atoms with Gasteiger partial charge >= 0.3 is 0 Å². The molecule has 0 atom stereocenters. The molecule has 122 valence electrons. The fourth-order valence-electron chi connectivity index (χ4n) is 2.23. The molecule has 0 radical (unpaired) electrons. The Morgan fingerprint density at radius 1 is 1.23 bits per heavy atom. The molecule has 0 bridgehead atoms. The number of carbonyl (C=O) groups is 1. The average Bonchev–Trinajstić information content (AvgIpc) is 2.43. The minimum atomic E-state index is -4.27. The second-order valence-electron chi connectivity index (χ2n) is 5.84. The molecule has 1 fully saturated rings. The molecule has 1 aromatic carbocycles. The fourth-order valence-corrected chi connectivity index (χ4v) is 2.69. The molecule has 1 aliphatic heterocycles. The van der Waals surface area contributed by atoms with Crippen LogP contribution in [-0.4, -0.2) is 49.9 Å². The van der Waals surface area contributed by atoms with Gasteiger partial charge in [-0.25, -0.2) is 8.42 Å². The van der Waals surface area contributed by atoms with E-state index in [-0.39, 0.29) is 4.90 Å². The Balaban J connectivity index is 0.000000220. The van der Waals surface area contributed by atoms with Crippen molar-refractivity contribution in [2.24, 2.45) is 0 Å². The Bertz CT molecular complexity index is 610. The SMILES string of the molecule is C=CC[N+]1(C)CCC(=O)CC1.Cc1ccc(S(=O)(=O)[O-])cc1. The molecule has 0 N–H and O–H groups in total. The van der Waals surface area contributed by atoms with Crippen molar-refractivity contribution < 1.29 is 22.2 Å². The minimum absolute atomic E-state index is 0.178. The second-order valence-corrected chi connectivity index (χ2v) is 7.22. The van der Waals surface area contributed by atoms with Crippen molar-refractivity contribution in [3.63, 3.8) is 0 Å². The lowest BCUT2D eigenvalue weighted by Crippen LogP contribution is -2.49. The summed E-state index contributed by atoms with van der Waals surface area (Å²) in [5.41, 5.74) is 0.928. The number of rotatable bonds is 3. The number of likely N-dealkylation sites (tertiary alicyclic amines) is 1. The topological polar surface area (TPSA) is 74.3 Å². The second kappa shape index (κ2) is 7.67. The summed E-state index contributed by atoms with van der Waals surface area (Å²) in [6.45, 7) is 8.51. The van der Waals surface area contributed by atoms with Crippen LogP contribution >= 0.6 is 0 Å². The summed E-state index contributed by atoms with van der Waals surface area (Å²) in [5, 5.41) is 0. The normalized spacial score (nSPS) is 17.3. The lowest BCUT2D eigenvalue weighted by molar-refractivity contribution is -0.905. The van der Waals surface area contributed by atoms with E-state index in [0.717, 1.165) is 42.5 Å². The number of nitrogens with zero attached hydrogens (tertiary/aromatic N) is 1. The molecular weight excluding hydrogens is 302 g/mol. The standard InChI is InChI=1S/C9H16NO.C7H8O3S/c1-3-6-10(2)7-4-9(11)5-8-10;1-6-2-4-7(5-3-6)11(8,9)10/h3H,1,4-8H2,2H3;2-5H,1H3,(H,8,9,10)/q+1;/p-1. The highest BCUT2D eigenvalue weighted by Gasteiger charge is 2.26. The highest BCUT2D eigenvalue weighted by Crippen LogP contribution is 2.13. The highest BCUT2D eigenvalue weighted by molar-refractivity contribution is 7.85. The number of piperidine rings is 1. The van der Waals surface area contributed by atoms with Crippen LogP contribution in [0.3, 0.4) is 0 Å². The van der Waals surface area contributed by atoms with E-state index >= 15 is 0 Å². The van der Waals surface area contributed by atoms with Crippen LogP contribution in [0.15, 0.2) is 41.8 Å². The van der Waals surface area contributed by atoms with Gasteiger partial charge in [-0.05, 0) is 25.1 Å². The molecule has 1 aromatic rings. The van der Waals surface area contributed by atoms with E-state index in [4.69, 9.17) is 0 Å². The van der Waals surface area contributed by atoms with Crippen molar-refractivity contribution in [1.29, 1.82) is 0 Å². The van der Waals surface area contributed by atoms with E-state index in [9.17, 15) is 17.8 Å². The molecule has 1 heterocycles. The Hall–Kier alpha value is -1.50. The predicted octanol–water partition coefficient (Wildman–Crippen LogP) is 1.88. The maximum atomic E-state index is 10.9. The number of aryl methyl sites for hydroxylation is 1. The lowest BCUT2D eigenvalue weighted by Gasteiger charge is -2.36. The van der Waals surface area contributed by atoms with Crippen LogP contribution in [-0.2, 0) is 14.9 Å². The van der Waals surface area contributed by atoms with Gasteiger partial charge in [0, 0.05) is 0 Å². The van der Waals surface area contributed by atoms with Crippen LogP contribution in [0.4, 0.5) is 0 Å². The first-order valence-corrected chi connectivity index (χ1v) is 8.56. The minimum Gasteiger partial charge on any atom is -0.744 e. The Morgan fingerprint density at radius 3 is 2.14 bits per heavy atom. The number of ketones is 1. The first kappa shape index (κ1) is 18.5. The Labute approximate surface area is 132 Å². The number of carbonyl (C=O) groups excluding carboxylic acids is 1. The molecule has 0 saturated carbocycles. The van der Waals surface area contributed by atoms with Gasteiger partial charge < -0.3 is 9.04 Å². The zero-order valence-corrected chi connectivity index (χ0v) is 13.9. The quantitative estimate of drug-likeness (QED) is 0.483. The number of hydrogen-bond donors (Lipinski definition) is 0. The molecule has 6 heteroatoms. The van der Waals surface area contributed by atoms with Crippen molar-refractivity contribution in [3.8, 4) is 0 Å². The third-order valence-corrected chi connectivity index (χ3v) is 4.59. The zero-order chi connectivity index (χ0) is 16.8. The van der Waals surface area contributed by atoms with Crippen molar-refractivity contribution in [1.82, 2.24) is 0 Å². The van der Waals surface area contributed by atoms with Crippen molar-refractivity contribution in [3.05, 3.63) is 42.5 Å². The largest absolute Gasteiger partial charge is 0.744 e. The lowest BCUT2D eigenvalue weighted by atomic mass is 10.1. The molecule has 0 aromatic heterocycles. The van der Waals surface area contributed by atoms with E-state index in [1.54, 1.807) is 12.1 Å². The third-order valence-electron chi connectivity index (χ3n) is 3.74. The van der Waals surface area contributed by atoms with Gasteiger partial charge in [-0.15, -0.1) is 0 Å². The molecule has 5 nitrogen and oxygen atoms in total. The Kier molecular flexibility index (Phi) is 6.47. The summed E-state index contributed by atoms with van der Waals surface area (Å²) in [7, 11) is -2.08. The molecule has 22 heavy (non-hydrogen) atoms. The molecule has 0 aliphatic carbocycles. The van der Waals surface area contributed by atoms with E-state index in [2.05, 4.69) is 13.6 Å². The third kappa shape index (κ3) is 6.09. The smallest absolute Gasteiger partial charge is 0.144 e. The summed E-state index contributed by atoms with van der Waals surface area (Å²) < 4.78 is 32.2. The first-order valence-electron chi connectivity index (χ1n) is 7.15. The van der Waals surface area contributed by atoms with Crippen LogP contribution in [0, 0.1) is 6.92 Å². The maximum absolute atomic E-state index is 10.9. The van der Waals surface area contributed by atoms with Gasteiger partial charge in [0.2, 0.25) is 0 Å². The van der Waals surface area contributed by atoms with Gasteiger partial charge in [-0.2, -0.15) is 0 Å². The van der Waals surface area contributed by atoms with Crippen LogP contribution in [0.25, 0.3) is 0 Å². The molecule has 0 amide bonds. The number of Topliss-reactive ketones (excluding diaryl/α,β-unsaturated/α-hetero) is 1. The zero-order valence-electron chi connectivity index (χ0n) is 13.1. The van der Waals surface area contributed by atoms with Gasteiger partial charge in [0.25, 0.3) is 0 Å². The molecule has 0 spiro atoms. The number of benzene rings is 1. The summed E-state index contributed by atoms with van der Waals surface area (Å²) in [6.07, 6.45) is 3.45. The van der Waals surface area contributed by atoms with Crippen LogP contribution < -0.4 is 0 Å². The van der Waals surface area contributed by atoms with E-state index in [0.29, 0.717) is 5.78 Å². The van der Waals surface area contributed by atoms with Gasteiger partial charge in [-0.1, -0.05) is 24.3 Å². The maximum Gasteiger partial charge on any atom is 0.144 e. The fraction of sp³-hybridized carbons (Fsp3) is 0.438. The van der Waals surface area contributed by atoms with Gasteiger partial charge in [0.15, 0.2) is 0 Å². The van der Waals surface area contributed by atoms with Crippen LogP contribution in [0.1, 0.15) is 18.4 Å².